The number of nitrogen functional groups attached to an aromatic ring is 1. The van der Waals surface area contributed by atoms with Crippen LogP contribution in [0.15, 0.2) is 52.0 Å². The van der Waals surface area contributed by atoms with Crippen LogP contribution in [0.25, 0.3) is 0 Å². The molecule has 0 aliphatic rings. The second-order valence-electron chi connectivity index (χ2n) is 3.31. The van der Waals surface area contributed by atoms with E-state index in [0.717, 1.165) is 15.1 Å². The zero-order chi connectivity index (χ0) is 11.4. The van der Waals surface area contributed by atoms with Crippen LogP contribution in [0.4, 0.5) is 5.82 Å². The molecule has 0 atom stereocenters. The number of pyridine rings is 1. The molecule has 0 bridgehead atoms. The van der Waals surface area contributed by atoms with Gasteiger partial charge in [-0.25, -0.2) is 4.98 Å². The van der Waals surface area contributed by atoms with Crippen LogP contribution in [-0.2, 0) is 5.75 Å². The summed E-state index contributed by atoms with van der Waals surface area (Å²) in [4.78, 5) is 5.11. The van der Waals surface area contributed by atoms with Gasteiger partial charge in [-0.3, -0.25) is 0 Å². The van der Waals surface area contributed by atoms with Gasteiger partial charge >= 0.3 is 0 Å². The maximum absolute atomic E-state index is 5.80. The van der Waals surface area contributed by atoms with Crippen molar-refractivity contribution < 1.29 is 0 Å². The number of hydrogen-bond donors (Lipinski definition) is 1. The fourth-order valence-corrected chi connectivity index (χ4v) is 2.69. The first-order chi connectivity index (χ1) is 7.75. The molecule has 0 amide bonds. The highest BCUT2D eigenvalue weighted by Gasteiger charge is 2.02. The largest absolute Gasteiger partial charge is 0.383 e. The standard InChI is InChI=1S/C12H11BrN2S/c13-10-6-11(12(14)15-7-10)16-8-9-4-2-1-3-5-9/h1-7H,8H2,(H2,14,15). The van der Waals surface area contributed by atoms with Crippen molar-refractivity contribution in [3.8, 4) is 0 Å². The van der Waals surface area contributed by atoms with Crippen LogP contribution in [0.5, 0.6) is 0 Å². The minimum absolute atomic E-state index is 0.587. The number of rotatable bonds is 3. The van der Waals surface area contributed by atoms with Crippen LogP contribution in [0.2, 0.25) is 0 Å². The molecule has 0 aliphatic heterocycles. The topological polar surface area (TPSA) is 38.9 Å². The second kappa shape index (κ2) is 5.37. The second-order valence-corrected chi connectivity index (χ2v) is 5.24. The van der Waals surface area contributed by atoms with Gasteiger partial charge in [0, 0.05) is 16.4 Å². The van der Waals surface area contributed by atoms with Crippen molar-refractivity contribution in [2.75, 3.05) is 5.73 Å². The zero-order valence-electron chi connectivity index (χ0n) is 8.56. The van der Waals surface area contributed by atoms with Crippen molar-refractivity contribution >= 4 is 33.5 Å². The summed E-state index contributed by atoms with van der Waals surface area (Å²) in [5, 5.41) is 0. The lowest BCUT2D eigenvalue weighted by Crippen LogP contribution is -1.92. The van der Waals surface area contributed by atoms with E-state index in [2.05, 4.69) is 33.0 Å². The predicted octanol–water partition coefficient (Wildman–Crippen LogP) is 3.72. The average Bonchev–Trinajstić information content (AvgIpc) is 2.32. The van der Waals surface area contributed by atoms with Gasteiger partial charge in [0.1, 0.15) is 5.82 Å². The maximum Gasteiger partial charge on any atom is 0.137 e. The monoisotopic (exact) mass is 294 g/mol. The number of nitrogens with zero attached hydrogens (tertiary/aromatic N) is 1. The number of thioether (sulfide) groups is 1. The van der Waals surface area contributed by atoms with E-state index >= 15 is 0 Å². The number of halogens is 1. The molecule has 0 unspecified atom stereocenters. The number of benzene rings is 1. The third-order valence-electron chi connectivity index (χ3n) is 2.09. The highest BCUT2D eigenvalue weighted by molar-refractivity contribution is 9.10. The Labute approximate surface area is 107 Å². The van der Waals surface area contributed by atoms with Crippen molar-refractivity contribution in [3.05, 3.63) is 52.6 Å². The summed E-state index contributed by atoms with van der Waals surface area (Å²) in [5.74, 6) is 1.49. The molecule has 0 saturated heterocycles. The zero-order valence-corrected chi connectivity index (χ0v) is 11.0. The first-order valence-corrected chi connectivity index (χ1v) is 6.61. The van der Waals surface area contributed by atoms with Crippen molar-refractivity contribution in [3.63, 3.8) is 0 Å². The van der Waals surface area contributed by atoms with Gasteiger partial charge in [-0.2, -0.15) is 0 Å². The van der Waals surface area contributed by atoms with Gasteiger partial charge in [0.25, 0.3) is 0 Å². The first-order valence-electron chi connectivity index (χ1n) is 4.83. The summed E-state index contributed by atoms with van der Waals surface area (Å²) in [6, 6.07) is 12.3. The highest BCUT2D eigenvalue weighted by Crippen LogP contribution is 2.28. The lowest BCUT2D eigenvalue weighted by Gasteiger charge is -2.05. The molecular weight excluding hydrogens is 284 g/mol. The molecule has 2 aromatic rings. The fourth-order valence-electron chi connectivity index (χ4n) is 1.28. The van der Waals surface area contributed by atoms with Crippen LogP contribution >= 0.6 is 27.7 Å². The molecule has 0 aliphatic carbocycles. The molecule has 1 aromatic carbocycles. The van der Waals surface area contributed by atoms with E-state index in [9.17, 15) is 0 Å². The average molecular weight is 295 g/mol. The summed E-state index contributed by atoms with van der Waals surface area (Å²) >= 11 is 5.09. The quantitative estimate of drug-likeness (QED) is 0.877. The summed E-state index contributed by atoms with van der Waals surface area (Å²) in [5.41, 5.74) is 7.08. The SMILES string of the molecule is Nc1ncc(Br)cc1SCc1ccccc1. The van der Waals surface area contributed by atoms with E-state index < -0.39 is 0 Å². The minimum Gasteiger partial charge on any atom is -0.383 e. The summed E-state index contributed by atoms with van der Waals surface area (Å²) in [6.45, 7) is 0. The van der Waals surface area contributed by atoms with Crippen molar-refractivity contribution in [1.82, 2.24) is 4.98 Å². The van der Waals surface area contributed by atoms with E-state index in [0.29, 0.717) is 5.82 Å². The lowest BCUT2D eigenvalue weighted by atomic mass is 10.2. The van der Waals surface area contributed by atoms with Crippen LogP contribution in [0.1, 0.15) is 5.56 Å². The molecule has 0 fully saturated rings. The molecule has 1 heterocycles. The van der Waals surface area contributed by atoms with Gasteiger partial charge in [0.15, 0.2) is 0 Å². The summed E-state index contributed by atoms with van der Waals surface area (Å²) in [7, 11) is 0. The molecule has 4 heteroatoms. The Bertz CT molecular complexity index is 474. The number of nitrogens with two attached hydrogens (primary N) is 1. The number of anilines is 1. The Morgan fingerprint density at radius 2 is 2.00 bits per heavy atom. The Morgan fingerprint density at radius 1 is 1.25 bits per heavy atom. The Morgan fingerprint density at radius 3 is 2.75 bits per heavy atom. The smallest absolute Gasteiger partial charge is 0.137 e. The number of aromatic nitrogens is 1. The van der Waals surface area contributed by atoms with Gasteiger partial charge in [0.2, 0.25) is 0 Å². The number of hydrogen-bond acceptors (Lipinski definition) is 3. The van der Waals surface area contributed by atoms with Gasteiger partial charge in [-0.05, 0) is 27.6 Å². The van der Waals surface area contributed by atoms with Crippen LogP contribution in [0.3, 0.4) is 0 Å². The Hall–Kier alpha value is -1.00. The molecule has 2 rings (SSSR count). The third kappa shape index (κ3) is 3.00. The molecule has 0 radical (unpaired) electrons. The van der Waals surface area contributed by atoms with E-state index in [1.165, 1.54) is 5.56 Å². The molecule has 82 valence electrons. The van der Waals surface area contributed by atoms with Crippen LogP contribution < -0.4 is 5.73 Å². The summed E-state index contributed by atoms with van der Waals surface area (Å²) in [6.07, 6.45) is 1.71. The molecule has 0 saturated carbocycles. The van der Waals surface area contributed by atoms with E-state index in [1.54, 1.807) is 18.0 Å². The molecule has 2 nitrogen and oxygen atoms in total. The fraction of sp³-hybridized carbons (Fsp3) is 0.0833. The molecular formula is C12H11BrN2S. The van der Waals surface area contributed by atoms with E-state index in [4.69, 9.17) is 5.73 Å². The maximum atomic E-state index is 5.80. The van der Waals surface area contributed by atoms with Crippen molar-refractivity contribution in [1.29, 1.82) is 0 Å². The molecule has 16 heavy (non-hydrogen) atoms. The Kier molecular flexibility index (Phi) is 3.85. The highest BCUT2D eigenvalue weighted by atomic mass is 79.9. The van der Waals surface area contributed by atoms with Crippen LogP contribution in [0, 0.1) is 0 Å². The van der Waals surface area contributed by atoms with Gasteiger partial charge in [-0.15, -0.1) is 11.8 Å². The normalized spacial score (nSPS) is 10.3. The van der Waals surface area contributed by atoms with Gasteiger partial charge in [-0.1, -0.05) is 30.3 Å². The van der Waals surface area contributed by atoms with Gasteiger partial charge < -0.3 is 5.73 Å². The van der Waals surface area contributed by atoms with Crippen molar-refractivity contribution in [2.24, 2.45) is 0 Å². The lowest BCUT2D eigenvalue weighted by molar-refractivity contribution is 1.23. The molecule has 0 spiro atoms. The molecule has 1 aromatic heterocycles. The Balaban J connectivity index is 2.08. The minimum atomic E-state index is 0.587. The van der Waals surface area contributed by atoms with Crippen molar-refractivity contribution in [2.45, 2.75) is 10.6 Å². The van der Waals surface area contributed by atoms with Crippen LogP contribution in [-0.4, -0.2) is 4.98 Å². The summed E-state index contributed by atoms with van der Waals surface area (Å²) < 4.78 is 0.956. The third-order valence-corrected chi connectivity index (χ3v) is 3.63. The van der Waals surface area contributed by atoms with Gasteiger partial charge in [0.05, 0.1) is 4.90 Å². The predicted molar refractivity (Wildman–Crippen MR) is 72.4 cm³/mol. The van der Waals surface area contributed by atoms with E-state index in [-0.39, 0.29) is 0 Å². The van der Waals surface area contributed by atoms with E-state index in [1.807, 2.05) is 24.3 Å². The molecule has 2 N–H and O–H groups in total. The first kappa shape index (κ1) is 11.5.